The van der Waals surface area contributed by atoms with Crippen LogP contribution in [0.4, 0.5) is 9.59 Å². The van der Waals surface area contributed by atoms with Crippen LogP contribution in [0.2, 0.25) is 0 Å². The maximum atomic E-state index is 13.4. The number of amides is 2. The summed E-state index contributed by atoms with van der Waals surface area (Å²) in [5, 5.41) is 0. The van der Waals surface area contributed by atoms with E-state index in [9.17, 15) is 38.2 Å². The molecule has 452 valence electrons. The number of unbranched alkanes of at least 4 members (excludes halogenated alkanes) is 20. The first-order chi connectivity index (χ1) is 36.3. The monoisotopic (exact) mass is 1120 g/mol. The Labute approximate surface area is 465 Å². The first-order valence-electron chi connectivity index (χ1n) is 29.5. The van der Waals surface area contributed by atoms with E-state index in [2.05, 4.69) is 13.8 Å². The van der Waals surface area contributed by atoms with Crippen molar-refractivity contribution in [1.29, 1.82) is 0 Å². The minimum absolute atomic E-state index is 0.0355. The number of nitrogens with zero attached hydrogens (tertiary/aromatic N) is 2. The first-order valence-corrected chi connectivity index (χ1v) is 31.0. The van der Waals surface area contributed by atoms with Crippen LogP contribution in [0.25, 0.3) is 0 Å². The van der Waals surface area contributed by atoms with Crippen LogP contribution in [0.3, 0.4) is 0 Å². The summed E-state index contributed by atoms with van der Waals surface area (Å²) < 4.78 is 57.2. The van der Waals surface area contributed by atoms with Crippen molar-refractivity contribution in [1.82, 2.24) is 9.80 Å². The summed E-state index contributed by atoms with van der Waals surface area (Å²) in [6, 6.07) is 0. The second-order valence-corrected chi connectivity index (χ2v) is 24.8. The highest BCUT2D eigenvalue weighted by atomic mass is 31.2. The zero-order valence-corrected chi connectivity index (χ0v) is 51.2. The van der Waals surface area contributed by atoms with Gasteiger partial charge in [-0.2, -0.15) is 0 Å². The molecule has 18 nitrogen and oxygen atoms in total. The van der Waals surface area contributed by atoms with Crippen LogP contribution in [0, 0.1) is 11.8 Å². The van der Waals surface area contributed by atoms with Crippen molar-refractivity contribution < 1.29 is 75.7 Å². The number of hydrogen-bond donors (Lipinski definition) is 1. The molecule has 0 aliphatic carbocycles. The molecule has 0 spiro atoms. The molecule has 0 aromatic heterocycles. The van der Waals surface area contributed by atoms with E-state index >= 15 is 0 Å². The fourth-order valence-electron chi connectivity index (χ4n) is 8.00. The first kappa shape index (κ1) is 73.5. The molecule has 3 atom stereocenters. The Morgan fingerprint density at radius 2 is 0.714 bits per heavy atom. The van der Waals surface area contributed by atoms with Crippen LogP contribution in [-0.2, 0) is 61.2 Å². The molecule has 3 unspecified atom stereocenters. The lowest BCUT2D eigenvalue weighted by Crippen LogP contribution is -2.40. The van der Waals surface area contributed by atoms with Gasteiger partial charge in [-0.05, 0) is 66.2 Å². The number of esters is 4. The molecule has 2 amide bonds. The van der Waals surface area contributed by atoms with Gasteiger partial charge in [-0.1, -0.05) is 170 Å². The maximum Gasteiger partial charge on any atom is 0.472 e. The predicted octanol–water partition coefficient (Wildman–Crippen LogP) is 14.0. The third-order valence-electron chi connectivity index (χ3n) is 11.9. The Kier molecular flexibility index (Phi) is 41.4. The Morgan fingerprint density at radius 3 is 1.04 bits per heavy atom. The van der Waals surface area contributed by atoms with Gasteiger partial charge in [0.2, 0.25) is 0 Å². The average molecular weight is 1120 g/mol. The van der Waals surface area contributed by atoms with Crippen LogP contribution < -0.4 is 0 Å². The van der Waals surface area contributed by atoms with Crippen LogP contribution in [-0.4, -0.2) is 127 Å². The third-order valence-corrected chi connectivity index (χ3v) is 12.9. The SMILES string of the molecule is CCCCCCCCCCCCCC(=O)OCC(COP(=O)(O)OCC(COC(=O)CCN(CC(C)C)C(=O)OC(C)(C)C)OC(=O)CCN(CC(C)C)C(=O)OC(C)(C)C)OC(=O)CCCCCCCCCCCCC. The van der Waals surface area contributed by atoms with E-state index < -0.39 is 93.7 Å². The largest absolute Gasteiger partial charge is 0.472 e. The van der Waals surface area contributed by atoms with E-state index in [1.54, 1.807) is 41.5 Å². The second kappa shape index (κ2) is 43.3. The molecule has 0 aliphatic heterocycles. The van der Waals surface area contributed by atoms with Gasteiger partial charge in [0.25, 0.3) is 0 Å². The van der Waals surface area contributed by atoms with Crippen molar-refractivity contribution >= 4 is 43.9 Å². The molecule has 0 saturated heterocycles. The molecule has 0 aliphatic rings. The summed E-state index contributed by atoms with van der Waals surface area (Å²) in [5.74, 6) is -2.58. The predicted molar refractivity (Wildman–Crippen MR) is 300 cm³/mol. The highest BCUT2D eigenvalue weighted by molar-refractivity contribution is 7.47. The van der Waals surface area contributed by atoms with Crippen molar-refractivity contribution in [2.75, 3.05) is 52.6 Å². The maximum absolute atomic E-state index is 13.4. The number of ether oxygens (including phenoxy) is 6. The molecule has 0 rings (SSSR count). The Bertz CT molecular complexity index is 1650. The van der Waals surface area contributed by atoms with E-state index in [1.165, 1.54) is 93.3 Å². The minimum Gasteiger partial charge on any atom is -0.462 e. The fraction of sp³-hybridized carbons (Fsp3) is 0.897. The number of rotatable bonds is 46. The highest BCUT2D eigenvalue weighted by Gasteiger charge is 2.31. The lowest BCUT2D eigenvalue weighted by Gasteiger charge is -2.28. The van der Waals surface area contributed by atoms with E-state index in [0.29, 0.717) is 19.4 Å². The summed E-state index contributed by atoms with van der Waals surface area (Å²) in [6.07, 6.45) is 20.3. The molecule has 0 fully saturated rings. The number of phosphoric acid groups is 1. The van der Waals surface area contributed by atoms with E-state index in [1.807, 2.05) is 27.7 Å². The molecule has 0 bridgehead atoms. The van der Waals surface area contributed by atoms with Crippen molar-refractivity contribution in [2.24, 2.45) is 11.8 Å². The molecule has 1 N–H and O–H groups in total. The van der Waals surface area contributed by atoms with Gasteiger partial charge in [0.1, 0.15) is 24.4 Å². The Balaban J connectivity index is 5.92. The zero-order chi connectivity index (χ0) is 58.1. The van der Waals surface area contributed by atoms with Gasteiger partial charge < -0.3 is 43.1 Å². The topological polar surface area (TPSA) is 220 Å². The molecule has 0 radical (unpaired) electrons. The van der Waals surface area contributed by atoms with Gasteiger partial charge in [-0.25, -0.2) is 14.2 Å². The summed E-state index contributed by atoms with van der Waals surface area (Å²) >= 11 is 0. The van der Waals surface area contributed by atoms with Gasteiger partial charge in [0.05, 0.1) is 26.1 Å². The standard InChI is InChI=1S/C58H109N2O16P/c1-13-15-17-19-21-23-25-27-29-31-33-35-51(61)69-43-49(73-53(63)36-34-32-30-28-26-24-22-20-18-16-14-2)45-71-77(67,68)72-46-50(74-54(64)38-40-60(42-48(5)6)56(66)76-58(10,11)12)44-70-52(62)37-39-59(41-47(3)4)55(65)75-57(7,8)9/h47-50H,13-46H2,1-12H3,(H,67,68). The van der Waals surface area contributed by atoms with Crippen molar-refractivity contribution in [3.05, 3.63) is 0 Å². The van der Waals surface area contributed by atoms with Gasteiger partial charge in [-0.3, -0.25) is 28.2 Å². The molecule has 19 heteroatoms. The quantitative estimate of drug-likeness (QED) is 0.0259. The number of carbonyl (C=O) groups is 6. The molecule has 0 saturated carbocycles. The Morgan fingerprint density at radius 1 is 0.429 bits per heavy atom. The van der Waals surface area contributed by atoms with Crippen LogP contribution >= 0.6 is 7.82 Å². The summed E-state index contributed by atoms with van der Waals surface area (Å²) in [7, 11) is -5.01. The third kappa shape index (κ3) is 46.0. The van der Waals surface area contributed by atoms with Crippen LogP contribution in [0.1, 0.15) is 250 Å². The summed E-state index contributed by atoms with van der Waals surface area (Å²) in [4.78, 5) is 91.9. The Hall–Kier alpha value is -3.47. The molecular weight excluding hydrogens is 1010 g/mol. The molecule has 0 aromatic rings. The lowest BCUT2D eigenvalue weighted by molar-refractivity contribution is -0.162. The fourth-order valence-corrected chi connectivity index (χ4v) is 8.78. The summed E-state index contributed by atoms with van der Waals surface area (Å²) in [5.41, 5.74) is -1.56. The van der Waals surface area contributed by atoms with E-state index in [0.717, 1.165) is 44.9 Å². The van der Waals surface area contributed by atoms with E-state index in [-0.39, 0.29) is 57.2 Å². The van der Waals surface area contributed by atoms with Crippen LogP contribution in [0.5, 0.6) is 0 Å². The van der Waals surface area contributed by atoms with Crippen molar-refractivity contribution in [3.63, 3.8) is 0 Å². The minimum atomic E-state index is -5.01. The van der Waals surface area contributed by atoms with Crippen molar-refractivity contribution in [3.8, 4) is 0 Å². The summed E-state index contributed by atoms with van der Waals surface area (Å²) in [6.45, 7) is 20.4. The second-order valence-electron chi connectivity index (χ2n) is 23.4. The number of hydrogen-bond acceptors (Lipinski definition) is 15. The van der Waals surface area contributed by atoms with Gasteiger partial charge in [-0.15, -0.1) is 0 Å². The normalized spacial score (nSPS) is 13.4. The lowest BCUT2D eigenvalue weighted by atomic mass is 10.1. The van der Waals surface area contributed by atoms with Gasteiger partial charge in [0, 0.05) is 39.0 Å². The highest BCUT2D eigenvalue weighted by Crippen LogP contribution is 2.43. The number of carbonyl (C=O) groups excluding carboxylic acids is 6. The molecule has 0 heterocycles. The van der Waals surface area contributed by atoms with Gasteiger partial charge >= 0.3 is 43.9 Å². The van der Waals surface area contributed by atoms with Crippen molar-refractivity contribution in [2.45, 2.75) is 273 Å². The van der Waals surface area contributed by atoms with Crippen LogP contribution in [0.15, 0.2) is 0 Å². The average Bonchev–Trinajstić information content (AvgIpc) is 3.32. The number of phosphoric ester groups is 1. The van der Waals surface area contributed by atoms with Gasteiger partial charge in [0.15, 0.2) is 12.2 Å². The molecule has 77 heavy (non-hydrogen) atoms. The molecular formula is C58H109N2O16P. The zero-order valence-electron chi connectivity index (χ0n) is 50.3. The molecule has 0 aromatic carbocycles. The smallest absolute Gasteiger partial charge is 0.462 e. The van der Waals surface area contributed by atoms with E-state index in [4.69, 9.17) is 37.5 Å².